The standard InChI is InChI=1S/C11H14F6N2O/c12-10(13,14)8(11(15,16)17)9(20)19-6-1-2-7(19)4-5(18)3-6/h5-8H,1-4,18H2. The number of hydrogen-bond donors (Lipinski definition) is 1. The molecule has 3 nitrogen and oxygen atoms in total. The first-order valence-electron chi connectivity index (χ1n) is 6.23. The smallest absolute Gasteiger partial charge is 0.336 e. The zero-order chi connectivity index (χ0) is 15.3. The molecule has 2 aliphatic rings. The van der Waals surface area contributed by atoms with E-state index in [0.29, 0.717) is 12.8 Å². The van der Waals surface area contributed by atoms with E-state index in [1.54, 1.807) is 0 Å². The van der Waals surface area contributed by atoms with Crippen molar-refractivity contribution < 1.29 is 31.1 Å². The number of carbonyl (C=O) groups excluding carboxylic acids is 1. The molecule has 2 unspecified atom stereocenters. The summed E-state index contributed by atoms with van der Waals surface area (Å²) in [6.45, 7) is 0. The second-order valence-corrected chi connectivity index (χ2v) is 5.38. The number of nitrogens with two attached hydrogens (primary N) is 1. The normalized spacial score (nSPS) is 31.0. The molecule has 0 radical (unpaired) electrons. The lowest BCUT2D eigenvalue weighted by Gasteiger charge is -2.40. The molecular weight excluding hydrogens is 290 g/mol. The van der Waals surface area contributed by atoms with Crippen LogP contribution in [0.4, 0.5) is 26.3 Å². The minimum Gasteiger partial charge on any atom is -0.336 e. The van der Waals surface area contributed by atoms with Crippen molar-refractivity contribution in [2.24, 2.45) is 11.7 Å². The van der Waals surface area contributed by atoms with Gasteiger partial charge in [0.2, 0.25) is 11.8 Å². The molecule has 0 spiro atoms. The van der Waals surface area contributed by atoms with E-state index in [9.17, 15) is 31.1 Å². The van der Waals surface area contributed by atoms with Gasteiger partial charge in [-0.3, -0.25) is 4.79 Å². The summed E-state index contributed by atoms with van der Waals surface area (Å²) in [5.74, 6) is -5.82. The zero-order valence-corrected chi connectivity index (χ0v) is 10.3. The third-order valence-electron chi connectivity index (χ3n) is 3.93. The molecule has 0 aliphatic carbocycles. The molecule has 0 aromatic carbocycles. The van der Waals surface area contributed by atoms with Gasteiger partial charge in [-0.25, -0.2) is 0 Å². The number of fused-ring (bicyclic) bond motifs is 2. The van der Waals surface area contributed by atoms with Gasteiger partial charge in [0.1, 0.15) is 0 Å². The van der Waals surface area contributed by atoms with E-state index in [1.165, 1.54) is 0 Å². The second-order valence-electron chi connectivity index (χ2n) is 5.38. The molecule has 2 bridgehead atoms. The molecule has 0 aromatic heterocycles. The largest absolute Gasteiger partial charge is 0.409 e. The Morgan fingerprint density at radius 3 is 1.75 bits per heavy atom. The number of nitrogens with zero attached hydrogens (tertiary/aromatic N) is 1. The van der Waals surface area contributed by atoms with Gasteiger partial charge in [0.25, 0.3) is 0 Å². The van der Waals surface area contributed by atoms with Crippen LogP contribution in [-0.4, -0.2) is 41.3 Å². The molecule has 2 fully saturated rings. The minimum atomic E-state index is -5.63. The van der Waals surface area contributed by atoms with Crippen LogP contribution in [0.1, 0.15) is 25.7 Å². The van der Waals surface area contributed by atoms with Gasteiger partial charge in [-0.15, -0.1) is 0 Å². The average molecular weight is 304 g/mol. The topological polar surface area (TPSA) is 46.3 Å². The number of carbonyl (C=O) groups is 1. The maximum Gasteiger partial charge on any atom is 0.409 e. The highest BCUT2D eigenvalue weighted by Gasteiger charge is 2.63. The highest BCUT2D eigenvalue weighted by molar-refractivity contribution is 5.81. The monoisotopic (exact) mass is 304 g/mol. The van der Waals surface area contributed by atoms with Crippen molar-refractivity contribution in [1.29, 1.82) is 0 Å². The summed E-state index contributed by atoms with van der Waals surface area (Å²) in [4.78, 5) is 12.6. The lowest BCUT2D eigenvalue weighted by Crippen LogP contribution is -2.56. The van der Waals surface area contributed by atoms with Gasteiger partial charge in [-0.1, -0.05) is 0 Å². The molecule has 1 amide bonds. The van der Waals surface area contributed by atoms with Crippen LogP contribution in [0.2, 0.25) is 0 Å². The molecule has 2 rings (SSSR count). The van der Waals surface area contributed by atoms with Gasteiger partial charge in [-0.2, -0.15) is 26.3 Å². The first-order valence-corrected chi connectivity index (χ1v) is 6.23. The van der Waals surface area contributed by atoms with E-state index in [-0.39, 0.29) is 18.9 Å². The van der Waals surface area contributed by atoms with Gasteiger partial charge < -0.3 is 10.6 Å². The molecule has 2 atom stereocenters. The van der Waals surface area contributed by atoms with Gasteiger partial charge in [0, 0.05) is 18.1 Å². The predicted octanol–water partition coefficient (Wildman–Crippen LogP) is 2.21. The Labute approximate surface area is 111 Å². The van der Waals surface area contributed by atoms with Crippen LogP contribution in [-0.2, 0) is 4.79 Å². The van der Waals surface area contributed by atoms with Crippen molar-refractivity contribution >= 4 is 5.91 Å². The number of rotatable bonds is 1. The number of amides is 1. The minimum absolute atomic E-state index is 0.255. The molecule has 2 aliphatic heterocycles. The summed E-state index contributed by atoms with van der Waals surface area (Å²) in [5.41, 5.74) is 5.68. The molecule has 9 heteroatoms. The van der Waals surface area contributed by atoms with Crippen molar-refractivity contribution in [1.82, 2.24) is 4.90 Å². The average Bonchev–Trinajstić information content (AvgIpc) is 2.46. The number of alkyl halides is 6. The fourth-order valence-electron chi connectivity index (χ4n) is 3.19. The summed E-state index contributed by atoms with van der Waals surface area (Å²) >= 11 is 0. The van der Waals surface area contributed by atoms with Crippen molar-refractivity contribution in [3.05, 3.63) is 0 Å². The highest BCUT2D eigenvalue weighted by Crippen LogP contribution is 2.44. The van der Waals surface area contributed by atoms with E-state index in [0.717, 1.165) is 4.90 Å². The van der Waals surface area contributed by atoms with Crippen molar-refractivity contribution in [2.75, 3.05) is 0 Å². The summed E-state index contributed by atoms with van der Waals surface area (Å²) in [6.07, 6.45) is -9.93. The Hall–Kier alpha value is -0.990. The van der Waals surface area contributed by atoms with E-state index < -0.39 is 36.3 Å². The molecule has 2 heterocycles. The van der Waals surface area contributed by atoms with E-state index in [2.05, 4.69) is 0 Å². The van der Waals surface area contributed by atoms with Crippen LogP contribution in [0.3, 0.4) is 0 Å². The summed E-state index contributed by atoms with van der Waals surface area (Å²) < 4.78 is 75.5. The predicted molar refractivity (Wildman–Crippen MR) is 56.5 cm³/mol. The molecule has 2 N–H and O–H groups in total. The Bertz CT molecular complexity index is 365. The number of hydrogen-bond acceptors (Lipinski definition) is 2. The summed E-state index contributed by atoms with van der Waals surface area (Å²) in [6, 6.07) is -1.49. The zero-order valence-electron chi connectivity index (χ0n) is 10.3. The van der Waals surface area contributed by atoms with Gasteiger partial charge in [0.15, 0.2) is 0 Å². The van der Waals surface area contributed by atoms with Gasteiger partial charge >= 0.3 is 12.4 Å². The SMILES string of the molecule is NC1CC2CCC(C1)N2C(=O)C(C(F)(F)F)C(F)(F)F. The van der Waals surface area contributed by atoms with Crippen molar-refractivity contribution in [3.8, 4) is 0 Å². The van der Waals surface area contributed by atoms with Crippen LogP contribution < -0.4 is 5.73 Å². The van der Waals surface area contributed by atoms with Crippen LogP contribution in [0.25, 0.3) is 0 Å². The van der Waals surface area contributed by atoms with Crippen molar-refractivity contribution in [2.45, 2.75) is 56.2 Å². The third kappa shape index (κ3) is 2.72. The third-order valence-corrected chi connectivity index (χ3v) is 3.93. The Morgan fingerprint density at radius 2 is 1.40 bits per heavy atom. The molecule has 0 saturated carbocycles. The van der Waals surface area contributed by atoms with E-state index >= 15 is 0 Å². The maximum absolute atomic E-state index is 12.6. The van der Waals surface area contributed by atoms with Gasteiger partial charge in [-0.05, 0) is 25.7 Å². The van der Waals surface area contributed by atoms with Crippen molar-refractivity contribution in [3.63, 3.8) is 0 Å². The van der Waals surface area contributed by atoms with Crippen LogP contribution in [0.15, 0.2) is 0 Å². The maximum atomic E-state index is 12.6. The molecule has 2 saturated heterocycles. The highest BCUT2D eigenvalue weighted by atomic mass is 19.4. The molecule has 0 aromatic rings. The lowest BCUT2D eigenvalue weighted by molar-refractivity contribution is -0.278. The lowest BCUT2D eigenvalue weighted by atomic mass is 9.95. The Kier molecular flexibility index (Phi) is 3.68. The van der Waals surface area contributed by atoms with Crippen LogP contribution in [0.5, 0.6) is 0 Å². The van der Waals surface area contributed by atoms with Crippen LogP contribution in [0, 0.1) is 5.92 Å². The Balaban J connectivity index is 2.26. The van der Waals surface area contributed by atoms with E-state index in [4.69, 9.17) is 5.73 Å². The van der Waals surface area contributed by atoms with E-state index in [1.807, 2.05) is 0 Å². The fraction of sp³-hybridized carbons (Fsp3) is 0.909. The first kappa shape index (κ1) is 15.4. The number of piperidine rings is 1. The second kappa shape index (κ2) is 4.78. The molecular formula is C11H14F6N2O. The van der Waals surface area contributed by atoms with Gasteiger partial charge in [0.05, 0.1) is 0 Å². The Morgan fingerprint density at radius 1 is 1.00 bits per heavy atom. The summed E-state index contributed by atoms with van der Waals surface area (Å²) in [7, 11) is 0. The van der Waals surface area contributed by atoms with Crippen LogP contribution >= 0.6 is 0 Å². The molecule has 116 valence electrons. The first-order chi connectivity index (χ1) is 9.01. The molecule has 20 heavy (non-hydrogen) atoms. The quantitative estimate of drug-likeness (QED) is 0.755. The number of halogens is 6. The fourth-order valence-corrected chi connectivity index (χ4v) is 3.19. The summed E-state index contributed by atoms with van der Waals surface area (Å²) in [5, 5.41) is 0.